The second-order valence-electron chi connectivity index (χ2n) is 7.16. The Morgan fingerprint density at radius 1 is 1.04 bits per heavy atom. The molecule has 2 aromatic rings. The summed E-state index contributed by atoms with van der Waals surface area (Å²) in [6, 6.07) is 15.0. The van der Waals surface area contributed by atoms with Gasteiger partial charge >= 0.3 is 0 Å². The molecule has 0 radical (unpaired) electrons. The molecule has 24 heavy (non-hydrogen) atoms. The monoisotopic (exact) mass is 325 g/mol. The molecule has 1 atom stereocenters. The first kappa shape index (κ1) is 18.1. The number of nitrogens with two attached hydrogens (primary N) is 1. The number of anilines is 1. The molecule has 2 rings (SSSR count). The maximum Gasteiger partial charge on any atom is 0.203 e. The van der Waals surface area contributed by atoms with Crippen LogP contribution < -0.4 is 10.5 Å². The lowest BCUT2D eigenvalue weighted by molar-refractivity contribution is 0.0777. The predicted molar refractivity (Wildman–Crippen MR) is 99.7 cm³/mol. The third-order valence-electron chi connectivity index (χ3n) is 4.04. The molecule has 3 heteroatoms. The minimum Gasteiger partial charge on any atom is -0.482 e. The summed E-state index contributed by atoms with van der Waals surface area (Å²) in [5, 5.41) is 0. The molecule has 3 nitrogen and oxygen atoms in total. The van der Waals surface area contributed by atoms with Gasteiger partial charge in [-0.25, -0.2) is 0 Å². The van der Waals surface area contributed by atoms with Crippen LogP contribution in [0.2, 0.25) is 0 Å². The van der Waals surface area contributed by atoms with E-state index >= 15 is 0 Å². The lowest BCUT2D eigenvalue weighted by atomic mass is 9.86. The van der Waals surface area contributed by atoms with Gasteiger partial charge in [-0.2, -0.15) is 0 Å². The van der Waals surface area contributed by atoms with Crippen molar-refractivity contribution in [2.75, 3.05) is 5.73 Å². The van der Waals surface area contributed by atoms with Gasteiger partial charge in [0.2, 0.25) is 5.78 Å². The van der Waals surface area contributed by atoms with Gasteiger partial charge in [-0.05, 0) is 41.7 Å². The Bertz CT molecular complexity index is 666. The van der Waals surface area contributed by atoms with Crippen molar-refractivity contribution >= 4 is 11.5 Å². The number of carbonyl (C=O) groups is 1. The van der Waals surface area contributed by atoms with Crippen molar-refractivity contribution in [1.82, 2.24) is 0 Å². The van der Waals surface area contributed by atoms with Crippen LogP contribution in [0.25, 0.3) is 0 Å². The van der Waals surface area contributed by atoms with E-state index < -0.39 is 6.10 Å². The van der Waals surface area contributed by atoms with E-state index in [1.54, 1.807) is 24.3 Å². The molecular weight excluding hydrogens is 298 g/mol. The summed E-state index contributed by atoms with van der Waals surface area (Å²) in [4.78, 5) is 12.8. The molecule has 2 aromatic carbocycles. The highest BCUT2D eigenvalue weighted by atomic mass is 16.5. The summed E-state index contributed by atoms with van der Waals surface area (Å²) in [5.74, 6) is 0.691. The predicted octanol–water partition coefficient (Wildman–Crippen LogP) is 5.00. The number of ether oxygens (including phenoxy) is 1. The highest BCUT2D eigenvalue weighted by molar-refractivity contribution is 5.99. The summed E-state index contributed by atoms with van der Waals surface area (Å²) in [6.07, 6.45) is 1.09. The number of nitrogen functional groups attached to an aromatic ring is 1. The third-order valence-corrected chi connectivity index (χ3v) is 4.04. The normalized spacial score (nSPS) is 12.7. The van der Waals surface area contributed by atoms with Crippen LogP contribution in [0.4, 0.5) is 5.69 Å². The van der Waals surface area contributed by atoms with Gasteiger partial charge in [0.1, 0.15) is 5.75 Å². The number of rotatable bonds is 6. The molecule has 0 saturated carbocycles. The van der Waals surface area contributed by atoms with Crippen LogP contribution in [0.15, 0.2) is 48.5 Å². The van der Waals surface area contributed by atoms with Crippen LogP contribution in [-0.2, 0) is 5.41 Å². The first-order chi connectivity index (χ1) is 11.3. The standard InChI is InChI=1S/C21H27NO2/c1-5-6-19(24-18-13-11-17(22)12-14-18)20(23)15-7-9-16(10-8-15)21(2,3)4/h7-14,19H,5-6,22H2,1-4H3. The van der Waals surface area contributed by atoms with E-state index in [1.807, 2.05) is 24.3 Å². The summed E-state index contributed by atoms with van der Waals surface area (Å²) in [7, 11) is 0. The Morgan fingerprint density at radius 3 is 2.12 bits per heavy atom. The van der Waals surface area contributed by atoms with Gasteiger partial charge in [-0.3, -0.25) is 4.79 Å². The van der Waals surface area contributed by atoms with Crippen LogP contribution in [0.5, 0.6) is 5.75 Å². The van der Waals surface area contributed by atoms with E-state index in [1.165, 1.54) is 5.56 Å². The Morgan fingerprint density at radius 2 is 1.62 bits per heavy atom. The molecule has 0 aliphatic rings. The van der Waals surface area contributed by atoms with Gasteiger partial charge < -0.3 is 10.5 Å². The van der Waals surface area contributed by atoms with Gasteiger partial charge in [-0.15, -0.1) is 0 Å². The van der Waals surface area contributed by atoms with E-state index in [-0.39, 0.29) is 11.2 Å². The summed E-state index contributed by atoms with van der Waals surface area (Å²) < 4.78 is 5.92. The number of benzene rings is 2. The molecule has 0 spiro atoms. The molecule has 128 valence electrons. The van der Waals surface area contributed by atoms with E-state index in [0.717, 1.165) is 6.42 Å². The van der Waals surface area contributed by atoms with Crippen molar-refractivity contribution in [3.63, 3.8) is 0 Å². The Labute approximate surface area is 144 Å². The van der Waals surface area contributed by atoms with Crippen LogP contribution in [0.3, 0.4) is 0 Å². The molecule has 0 saturated heterocycles. The van der Waals surface area contributed by atoms with Gasteiger partial charge in [-0.1, -0.05) is 58.4 Å². The van der Waals surface area contributed by atoms with Gasteiger partial charge in [0.25, 0.3) is 0 Å². The smallest absolute Gasteiger partial charge is 0.203 e. The van der Waals surface area contributed by atoms with Crippen LogP contribution in [0.1, 0.15) is 56.5 Å². The Hall–Kier alpha value is -2.29. The van der Waals surface area contributed by atoms with Crippen molar-refractivity contribution in [1.29, 1.82) is 0 Å². The highest BCUT2D eigenvalue weighted by Gasteiger charge is 2.22. The lowest BCUT2D eigenvalue weighted by Gasteiger charge is -2.20. The van der Waals surface area contributed by atoms with Crippen molar-refractivity contribution in [2.45, 2.75) is 52.1 Å². The van der Waals surface area contributed by atoms with Crippen molar-refractivity contribution in [3.05, 3.63) is 59.7 Å². The zero-order valence-electron chi connectivity index (χ0n) is 15.0. The fourth-order valence-corrected chi connectivity index (χ4v) is 2.54. The zero-order chi connectivity index (χ0) is 17.7. The molecule has 0 heterocycles. The minimum absolute atomic E-state index is 0.0223. The topological polar surface area (TPSA) is 52.3 Å². The molecule has 2 N–H and O–H groups in total. The molecular formula is C21H27NO2. The largest absolute Gasteiger partial charge is 0.482 e. The SMILES string of the molecule is CCCC(Oc1ccc(N)cc1)C(=O)c1ccc(C(C)(C)C)cc1. The molecule has 0 aliphatic carbocycles. The van der Waals surface area contributed by atoms with Crippen LogP contribution in [0, 0.1) is 0 Å². The molecule has 0 fully saturated rings. The maximum atomic E-state index is 12.8. The fourth-order valence-electron chi connectivity index (χ4n) is 2.54. The molecule has 0 aliphatic heterocycles. The van der Waals surface area contributed by atoms with Crippen molar-refractivity contribution < 1.29 is 9.53 Å². The number of carbonyl (C=O) groups excluding carboxylic acids is 1. The second-order valence-corrected chi connectivity index (χ2v) is 7.16. The fraction of sp³-hybridized carbons (Fsp3) is 0.381. The van der Waals surface area contributed by atoms with E-state index in [0.29, 0.717) is 23.4 Å². The number of hydrogen-bond donors (Lipinski definition) is 1. The number of ketones is 1. The average Bonchev–Trinajstić information content (AvgIpc) is 2.55. The minimum atomic E-state index is -0.473. The van der Waals surface area contributed by atoms with Crippen molar-refractivity contribution in [3.8, 4) is 5.75 Å². The molecule has 0 aromatic heterocycles. The summed E-state index contributed by atoms with van der Waals surface area (Å²) in [5.41, 5.74) is 8.35. The van der Waals surface area contributed by atoms with E-state index in [9.17, 15) is 4.79 Å². The van der Waals surface area contributed by atoms with Crippen molar-refractivity contribution in [2.24, 2.45) is 0 Å². The summed E-state index contributed by atoms with van der Waals surface area (Å²) >= 11 is 0. The van der Waals surface area contributed by atoms with Crippen LogP contribution in [-0.4, -0.2) is 11.9 Å². The van der Waals surface area contributed by atoms with Gasteiger partial charge in [0, 0.05) is 11.3 Å². The van der Waals surface area contributed by atoms with Gasteiger partial charge in [0.05, 0.1) is 0 Å². The first-order valence-electron chi connectivity index (χ1n) is 8.48. The maximum absolute atomic E-state index is 12.8. The zero-order valence-corrected chi connectivity index (χ0v) is 15.0. The van der Waals surface area contributed by atoms with Gasteiger partial charge in [0.15, 0.2) is 6.10 Å². The number of hydrogen-bond acceptors (Lipinski definition) is 3. The number of Topliss-reactive ketones (excluding diaryl/α,β-unsaturated/α-hetero) is 1. The van der Waals surface area contributed by atoms with Crippen LogP contribution >= 0.6 is 0 Å². The Balaban J connectivity index is 2.17. The van der Waals surface area contributed by atoms with E-state index in [4.69, 9.17) is 10.5 Å². The second kappa shape index (κ2) is 7.52. The summed E-state index contributed by atoms with van der Waals surface area (Å²) in [6.45, 7) is 8.53. The molecule has 0 amide bonds. The average molecular weight is 325 g/mol. The van der Waals surface area contributed by atoms with E-state index in [2.05, 4.69) is 27.7 Å². The molecule has 1 unspecified atom stereocenters. The third kappa shape index (κ3) is 4.60. The highest BCUT2D eigenvalue weighted by Crippen LogP contribution is 2.24. The lowest BCUT2D eigenvalue weighted by Crippen LogP contribution is -2.27. The Kier molecular flexibility index (Phi) is 5.66. The molecule has 0 bridgehead atoms. The first-order valence-corrected chi connectivity index (χ1v) is 8.48. The quantitative estimate of drug-likeness (QED) is 0.601.